The minimum absolute atomic E-state index is 0.127. The van der Waals surface area contributed by atoms with Gasteiger partial charge < -0.3 is 10.1 Å². The minimum atomic E-state index is -4.05. The molecule has 1 heterocycles. The Morgan fingerprint density at radius 2 is 2.17 bits per heavy atom. The van der Waals surface area contributed by atoms with Crippen LogP contribution in [0.3, 0.4) is 0 Å². The first-order valence-electron chi connectivity index (χ1n) is 6.84. The molecule has 3 N–H and O–H groups in total. The van der Waals surface area contributed by atoms with Gasteiger partial charge in [0, 0.05) is 20.4 Å². The summed E-state index contributed by atoms with van der Waals surface area (Å²) in [5, 5.41) is 11.6. The molecule has 10 heteroatoms. The molecule has 0 bridgehead atoms. The number of carbonyl (C=O) groups excluding carboxylic acids is 1. The molecule has 2 rings (SSSR count). The third-order valence-electron chi connectivity index (χ3n) is 3.37. The van der Waals surface area contributed by atoms with Crippen molar-refractivity contribution in [1.29, 1.82) is 0 Å². The van der Waals surface area contributed by atoms with Crippen molar-refractivity contribution in [2.75, 3.05) is 13.7 Å². The Morgan fingerprint density at radius 1 is 1.46 bits per heavy atom. The molecule has 1 atom stereocenters. The number of hydrogen-bond acceptors (Lipinski definition) is 5. The number of primary sulfonamides is 1. The molecule has 130 valence electrons. The molecule has 2 aromatic rings. The number of amides is 1. The molecule has 0 fully saturated rings. The Hall–Kier alpha value is -2.30. The first kappa shape index (κ1) is 18.0. The van der Waals surface area contributed by atoms with Gasteiger partial charge in [0.1, 0.15) is 5.82 Å². The Balaban J connectivity index is 2.32. The SMILES string of the molecule is COC[C@H](NC(=O)c1cc(S(N)(=O)=O)ccc1F)c1ccnn1C. The van der Waals surface area contributed by atoms with Gasteiger partial charge in [-0.1, -0.05) is 0 Å². The van der Waals surface area contributed by atoms with Crippen molar-refractivity contribution in [3.05, 3.63) is 47.5 Å². The number of nitrogens with one attached hydrogen (secondary N) is 1. The van der Waals surface area contributed by atoms with Crippen LogP contribution in [-0.4, -0.2) is 37.8 Å². The molecule has 8 nitrogen and oxygen atoms in total. The second-order valence-corrected chi connectivity index (χ2v) is 6.61. The fraction of sp³-hybridized carbons (Fsp3) is 0.286. The Labute approximate surface area is 138 Å². The average molecular weight is 356 g/mol. The lowest BCUT2D eigenvalue weighted by molar-refractivity contribution is 0.0888. The fourth-order valence-electron chi connectivity index (χ4n) is 2.18. The average Bonchev–Trinajstić information content (AvgIpc) is 2.92. The van der Waals surface area contributed by atoms with Gasteiger partial charge in [-0.15, -0.1) is 0 Å². The normalized spacial score (nSPS) is 12.8. The smallest absolute Gasteiger partial charge is 0.254 e. The zero-order valence-electron chi connectivity index (χ0n) is 13.1. The molecule has 1 aromatic carbocycles. The van der Waals surface area contributed by atoms with E-state index in [9.17, 15) is 17.6 Å². The van der Waals surface area contributed by atoms with Gasteiger partial charge in [-0.3, -0.25) is 9.48 Å². The number of aryl methyl sites for hydroxylation is 1. The van der Waals surface area contributed by atoms with Crippen LogP contribution in [0, 0.1) is 5.82 Å². The standard InChI is InChI=1S/C14H17FN4O4S/c1-19-13(5-6-17-19)12(8-23-2)18-14(20)10-7-9(24(16,21)22)3-4-11(10)15/h3-7,12H,8H2,1-2H3,(H,18,20)(H2,16,21,22)/t12-/m0/s1. The van der Waals surface area contributed by atoms with Crippen molar-refractivity contribution in [2.24, 2.45) is 12.2 Å². The summed E-state index contributed by atoms with van der Waals surface area (Å²) in [5.41, 5.74) is 0.220. The Kier molecular flexibility index (Phi) is 5.32. The van der Waals surface area contributed by atoms with Gasteiger partial charge in [0.25, 0.3) is 5.91 Å². The number of hydrogen-bond donors (Lipinski definition) is 2. The predicted octanol–water partition coefficient (Wildman–Crippen LogP) is 0.324. The summed E-state index contributed by atoms with van der Waals surface area (Å²) < 4.78 is 43.3. The first-order valence-corrected chi connectivity index (χ1v) is 8.38. The summed E-state index contributed by atoms with van der Waals surface area (Å²) in [6, 6.07) is 3.86. The molecule has 0 aliphatic carbocycles. The lowest BCUT2D eigenvalue weighted by Gasteiger charge is -2.18. The lowest BCUT2D eigenvalue weighted by Crippen LogP contribution is -2.33. The van der Waals surface area contributed by atoms with Gasteiger partial charge in [-0.25, -0.2) is 17.9 Å². The molecule has 0 aliphatic heterocycles. The molecule has 1 aromatic heterocycles. The lowest BCUT2D eigenvalue weighted by atomic mass is 10.1. The maximum atomic E-state index is 13.9. The van der Waals surface area contributed by atoms with Crippen LogP contribution in [0.25, 0.3) is 0 Å². The van der Waals surface area contributed by atoms with E-state index in [4.69, 9.17) is 9.88 Å². The van der Waals surface area contributed by atoms with Gasteiger partial charge in [0.2, 0.25) is 10.0 Å². The molecule has 0 saturated carbocycles. The summed E-state index contributed by atoms with van der Waals surface area (Å²) in [7, 11) is -0.907. The van der Waals surface area contributed by atoms with E-state index in [1.165, 1.54) is 7.11 Å². The highest BCUT2D eigenvalue weighted by Gasteiger charge is 2.22. The Morgan fingerprint density at radius 3 is 2.71 bits per heavy atom. The number of rotatable bonds is 6. The predicted molar refractivity (Wildman–Crippen MR) is 83.1 cm³/mol. The first-order chi connectivity index (χ1) is 11.2. The van der Waals surface area contributed by atoms with Crippen molar-refractivity contribution in [3.63, 3.8) is 0 Å². The highest BCUT2D eigenvalue weighted by Crippen LogP contribution is 2.17. The van der Waals surface area contributed by atoms with E-state index in [0.717, 1.165) is 18.2 Å². The summed E-state index contributed by atoms with van der Waals surface area (Å²) in [6.45, 7) is 0.127. The van der Waals surface area contributed by atoms with Gasteiger partial charge in [-0.05, 0) is 24.3 Å². The second-order valence-electron chi connectivity index (χ2n) is 5.05. The zero-order valence-corrected chi connectivity index (χ0v) is 13.9. The highest BCUT2D eigenvalue weighted by atomic mass is 32.2. The molecule has 0 aliphatic rings. The number of halogens is 1. The van der Waals surface area contributed by atoms with E-state index in [2.05, 4.69) is 10.4 Å². The van der Waals surface area contributed by atoms with Crippen molar-refractivity contribution in [2.45, 2.75) is 10.9 Å². The number of nitrogens with two attached hydrogens (primary N) is 1. The second kappa shape index (κ2) is 7.07. The number of nitrogens with zero attached hydrogens (tertiary/aromatic N) is 2. The van der Waals surface area contributed by atoms with Gasteiger partial charge >= 0.3 is 0 Å². The number of benzene rings is 1. The third kappa shape index (κ3) is 3.96. The fourth-order valence-corrected chi connectivity index (χ4v) is 2.72. The minimum Gasteiger partial charge on any atom is -0.382 e. The summed E-state index contributed by atoms with van der Waals surface area (Å²) in [4.78, 5) is 12.0. The molecule has 0 spiro atoms. The van der Waals surface area contributed by atoms with Crippen molar-refractivity contribution >= 4 is 15.9 Å². The quantitative estimate of drug-likeness (QED) is 0.773. The molecular formula is C14H17FN4O4S. The number of methoxy groups -OCH3 is 1. The molecule has 1 amide bonds. The molecule has 0 unspecified atom stereocenters. The molecule has 0 saturated heterocycles. The van der Waals surface area contributed by atoms with Crippen LogP contribution in [0.1, 0.15) is 22.1 Å². The molecule has 0 radical (unpaired) electrons. The van der Waals surface area contributed by atoms with Crippen molar-refractivity contribution < 1.29 is 22.3 Å². The van der Waals surface area contributed by atoms with Crippen LogP contribution < -0.4 is 10.5 Å². The Bertz CT molecular complexity index is 850. The maximum Gasteiger partial charge on any atom is 0.254 e. The van der Waals surface area contributed by atoms with Crippen LogP contribution in [0.5, 0.6) is 0 Å². The summed E-state index contributed by atoms with van der Waals surface area (Å²) in [6.07, 6.45) is 1.55. The van der Waals surface area contributed by atoms with Gasteiger partial charge in [0.15, 0.2) is 0 Å². The van der Waals surface area contributed by atoms with Crippen LogP contribution in [0.2, 0.25) is 0 Å². The van der Waals surface area contributed by atoms with Gasteiger partial charge in [-0.2, -0.15) is 5.10 Å². The summed E-state index contributed by atoms with van der Waals surface area (Å²) in [5.74, 6) is -1.65. The third-order valence-corrected chi connectivity index (χ3v) is 4.28. The van der Waals surface area contributed by atoms with Crippen LogP contribution in [0.4, 0.5) is 4.39 Å². The monoisotopic (exact) mass is 356 g/mol. The van der Waals surface area contributed by atoms with Crippen LogP contribution in [0.15, 0.2) is 35.4 Å². The number of carbonyl (C=O) groups is 1. The highest BCUT2D eigenvalue weighted by molar-refractivity contribution is 7.89. The number of aromatic nitrogens is 2. The molecule has 24 heavy (non-hydrogen) atoms. The van der Waals surface area contributed by atoms with Crippen LogP contribution in [-0.2, 0) is 21.8 Å². The van der Waals surface area contributed by atoms with E-state index >= 15 is 0 Å². The van der Waals surface area contributed by atoms with Gasteiger partial charge in [0.05, 0.1) is 28.8 Å². The zero-order chi connectivity index (χ0) is 17.9. The van der Waals surface area contributed by atoms with Crippen molar-refractivity contribution in [1.82, 2.24) is 15.1 Å². The van der Waals surface area contributed by atoms with Crippen molar-refractivity contribution in [3.8, 4) is 0 Å². The molecular weight excluding hydrogens is 339 g/mol. The number of ether oxygens (including phenoxy) is 1. The largest absolute Gasteiger partial charge is 0.382 e. The topological polar surface area (TPSA) is 116 Å². The van der Waals surface area contributed by atoms with E-state index in [-0.39, 0.29) is 11.5 Å². The van der Waals surface area contributed by atoms with E-state index in [1.807, 2.05) is 0 Å². The van der Waals surface area contributed by atoms with E-state index < -0.39 is 33.4 Å². The number of sulfonamides is 1. The maximum absolute atomic E-state index is 13.9. The van der Waals surface area contributed by atoms with E-state index in [0.29, 0.717) is 5.69 Å². The van der Waals surface area contributed by atoms with E-state index in [1.54, 1.807) is 24.0 Å². The summed E-state index contributed by atoms with van der Waals surface area (Å²) >= 11 is 0. The van der Waals surface area contributed by atoms with Crippen LogP contribution >= 0.6 is 0 Å².